The Kier molecular flexibility index (Phi) is 3.00. The van der Waals surface area contributed by atoms with Crippen LogP contribution in [0.3, 0.4) is 0 Å². The van der Waals surface area contributed by atoms with Crippen molar-refractivity contribution in [2.75, 3.05) is 0 Å². The van der Waals surface area contributed by atoms with Crippen molar-refractivity contribution in [1.82, 2.24) is 20.2 Å². The van der Waals surface area contributed by atoms with Gasteiger partial charge in [-0.15, -0.1) is 0 Å². The van der Waals surface area contributed by atoms with E-state index in [1.54, 1.807) is 24.5 Å². The minimum Gasteiger partial charge on any atom is -0.508 e. The molecular weight excluding hydrogens is 308 g/mol. The van der Waals surface area contributed by atoms with Crippen LogP contribution in [0.2, 0.25) is 0 Å². The molecule has 3 aromatic rings. The number of aromatic hydroxyl groups is 1. The van der Waals surface area contributed by atoms with E-state index < -0.39 is 0 Å². The first-order chi connectivity index (χ1) is 9.24. The molecule has 5 nitrogen and oxygen atoms in total. The van der Waals surface area contributed by atoms with E-state index in [1.165, 1.54) is 6.33 Å². The Balaban J connectivity index is 2.15. The summed E-state index contributed by atoms with van der Waals surface area (Å²) in [7, 11) is 0. The van der Waals surface area contributed by atoms with Crippen LogP contribution >= 0.6 is 15.9 Å². The molecule has 0 atom stereocenters. The van der Waals surface area contributed by atoms with Crippen LogP contribution in [0.15, 0.2) is 47.5 Å². The number of aromatic amines is 1. The van der Waals surface area contributed by atoms with Gasteiger partial charge in [0.2, 0.25) is 0 Å². The van der Waals surface area contributed by atoms with E-state index in [0.717, 1.165) is 27.0 Å². The maximum atomic E-state index is 9.66. The average Bonchev–Trinajstić information content (AvgIpc) is 2.88. The van der Waals surface area contributed by atoms with Crippen LogP contribution in [-0.2, 0) is 0 Å². The molecule has 1 aromatic carbocycles. The van der Waals surface area contributed by atoms with Gasteiger partial charge in [-0.25, -0.2) is 9.97 Å². The Hall–Kier alpha value is -2.21. The Morgan fingerprint density at radius 3 is 2.84 bits per heavy atom. The molecule has 0 unspecified atom stereocenters. The van der Waals surface area contributed by atoms with Crippen molar-refractivity contribution in [2.45, 2.75) is 0 Å². The highest BCUT2D eigenvalue weighted by Crippen LogP contribution is 2.32. The Morgan fingerprint density at radius 2 is 2.11 bits per heavy atom. The lowest BCUT2D eigenvalue weighted by Crippen LogP contribution is -1.86. The van der Waals surface area contributed by atoms with Crippen molar-refractivity contribution in [3.63, 3.8) is 0 Å². The van der Waals surface area contributed by atoms with Crippen molar-refractivity contribution in [2.24, 2.45) is 0 Å². The number of hydrogen-bond acceptors (Lipinski definition) is 4. The number of halogens is 1. The number of benzene rings is 1. The van der Waals surface area contributed by atoms with E-state index in [4.69, 9.17) is 0 Å². The summed E-state index contributed by atoms with van der Waals surface area (Å²) >= 11 is 3.36. The number of phenolic OH excluding ortho intramolecular Hbond substituents is 1. The topological polar surface area (TPSA) is 74.7 Å². The number of hydrogen-bond donors (Lipinski definition) is 2. The third-order valence-electron chi connectivity index (χ3n) is 2.65. The van der Waals surface area contributed by atoms with Gasteiger partial charge in [0.05, 0.1) is 5.69 Å². The lowest BCUT2D eigenvalue weighted by atomic mass is 10.1. The first kappa shape index (κ1) is 11.9. The smallest absolute Gasteiger partial charge is 0.117 e. The van der Waals surface area contributed by atoms with Crippen LogP contribution in [-0.4, -0.2) is 25.3 Å². The normalized spacial score (nSPS) is 10.6. The zero-order valence-corrected chi connectivity index (χ0v) is 11.3. The minimum absolute atomic E-state index is 0.181. The SMILES string of the molecule is Oc1cc(Br)cc(-c2n[nH]cc2-c2ccncn2)c1. The standard InChI is InChI=1S/C13H9BrN4O/c14-9-3-8(4-10(19)5-9)13-11(6-17-18-13)12-1-2-15-7-16-12/h1-7,19H,(H,17,18). The van der Waals surface area contributed by atoms with Crippen molar-refractivity contribution < 1.29 is 5.11 Å². The first-order valence-electron chi connectivity index (χ1n) is 5.54. The molecule has 0 saturated heterocycles. The van der Waals surface area contributed by atoms with E-state index >= 15 is 0 Å². The Bertz CT molecular complexity index is 691. The second kappa shape index (κ2) is 4.81. The number of rotatable bonds is 2. The van der Waals surface area contributed by atoms with E-state index in [1.807, 2.05) is 12.1 Å². The predicted octanol–water partition coefficient (Wildman–Crippen LogP) is 3.00. The van der Waals surface area contributed by atoms with Gasteiger partial charge in [-0.2, -0.15) is 5.10 Å². The van der Waals surface area contributed by atoms with Crippen LogP contribution in [0.4, 0.5) is 0 Å². The maximum absolute atomic E-state index is 9.66. The second-order valence-corrected chi connectivity index (χ2v) is 4.86. The molecule has 0 aliphatic heterocycles. The largest absolute Gasteiger partial charge is 0.508 e. The van der Waals surface area contributed by atoms with Gasteiger partial charge in [-0.05, 0) is 24.3 Å². The van der Waals surface area contributed by atoms with Gasteiger partial charge in [0.15, 0.2) is 0 Å². The van der Waals surface area contributed by atoms with Crippen molar-refractivity contribution in [1.29, 1.82) is 0 Å². The summed E-state index contributed by atoms with van der Waals surface area (Å²) in [5.41, 5.74) is 3.18. The molecule has 0 fully saturated rings. The fourth-order valence-electron chi connectivity index (χ4n) is 1.87. The van der Waals surface area contributed by atoms with Crippen LogP contribution < -0.4 is 0 Å². The molecule has 6 heteroatoms. The summed E-state index contributed by atoms with van der Waals surface area (Å²) in [6, 6.07) is 6.99. The maximum Gasteiger partial charge on any atom is 0.117 e. The highest BCUT2D eigenvalue weighted by molar-refractivity contribution is 9.10. The molecule has 2 heterocycles. The van der Waals surface area contributed by atoms with E-state index in [9.17, 15) is 5.11 Å². The molecule has 2 N–H and O–H groups in total. The van der Waals surface area contributed by atoms with Gasteiger partial charge in [0.1, 0.15) is 17.8 Å². The number of aromatic nitrogens is 4. The van der Waals surface area contributed by atoms with E-state index in [-0.39, 0.29) is 5.75 Å². The quantitative estimate of drug-likeness (QED) is 0.762. The van der Waals surface area contributed by atoms with Gasteiger partial charge in [-0.1, -0.05) is 15.9 Å². The number of nitrogens with one attached hydrogen (secondary N) is 1. The molecule has 94 valence electrons. The van der Waals surface area contributed by atoms with Gasteiger partial charge in [0, 0.05) is 28.0 Å². The van der Waals surface area contributed by atoms with Gasteiger partial charge in [0.25, 0.3) is 0 Å². The monoisotopic (exact) mass is 316 g/mol. The highest BCUT2D eigenvalue weighted by Gasteiger charge is 2.12. The molecule has 19 heavy (non-hydrogen) atoms. The summed E-state index contributed by atoms with van der Waals surface area (Å²) < 4.78 is 0.791. The van der Waals surface area contributed by atoms with Gasteiger partial charge in [-0.3, -0.25) is 5.10 Å². The van der Waals surface area contributed by atoms with Gasteiger partial charge < -0.3 is 5.11 Å². The molecule has 0 aliphatic rings. The molecule has 0 amide bonds. The van der Waals surface area contributed by atoms with Gasteiger partial charge >= 0.3 is 0 Å². The van der Waals surface area contributed by atoms with Crippen LogP contribution in [0.5, 0.6) is 5.75 Å². The van der Waals surface area contributed by atoms with E-state index in [0.29, 0.717) is 0 Å². The molecule has 2 aromatic heterocycles. The van der Waals surface area contributed by atoms with Crippen molar-refractivity contribution in [3.8, 4) is 28.3 Å². The second-order valence-electron chi connectivity index (χ2n) is 3.94. The predicted molar refractivity (Wildman–Crippen MR) is 74.4 cm³/mol. The Labute approximate surface area is 117 Å². The lowest BCUT2D eigenvalue weighted by molar-refractivity contribution is 0.475. The van der Waals surface area contributed by atoms with Crippen molar-refractivity contribution in [3.05, 3.63) is 47.5 Å². The zero-order valence-electron chi connectivity index (χ0n) is 9.71. The molecule has 0 bridgehead atoms. The molecule has 0 spiro atoms. The van der Waals surface area contributed by atoms with Crippen molar-refractivity contribution >= 4 is 15.9 Å². The fourth-order valence-corrected chi connectivity index (χ4v) is 2.35. The number of H-pyrrole nitrogens is 1. The highest BCUT2D eigenvalue weighted by atomic mass is 79.9. The molecular formula is C13H9BrN4O. The fraction of sp³-hybridized carbons (Fsp3) is 0. The third kappa shape index (κ3) is 2.34. The average molecular weight is 317 g/mol. The van der Waals surface area contributed by atoms with E-state index in [2.05, 4.69) is 36.1 Å². The summed E-state index contributed by atoms with van der Waals surface area (Å²) in [4.78, 5) is 8.10. The van der Waals surface area contributed by atoms with Crippen LogP contribution in [0, 0.1) is 0 Å². The molecule has 3 rings (SSSR count). The summed E-state index contributed by atoms with van der Waals surface area (Å²) in [6.07, 6.45) is 4.94. The van der Waals surface area contributed by atoms with Crippen LogP contribution in [0.1, 0.15) is 0 Å². The summed E-state index contributed by atoms with van der Waals surface area (Å²) in [6.45, 7) is 0. The third-order valence-corrected chi connectivity index (χ3v) is 3.11. The molecule has 0 radical (unpaired) electrons. The summed E-state index contributed by atoms with van der Waals surface area (Å²) in [5, 5.41) is 16.7. The first-order valence-corrected chi connectivity index (χ1v) is 6.33. The van der Waals surface area contributed by atoms with Crippen LogP contribution in [0.25, 0.3) is 22.5 Å². The molecule has 0 saturated carbocycles. The Morgan fingerprint density at radius 1 is 1.21 bits per heavy atom. The lowest BCUT2D eigenvalue weighted by Gasteiger charge is -2.03. The molecule has 0 aliphatic carbocycles. The number of nitrogens with zero attached hydrogens (tertiary/aromatic N) is 3. The number of phenols is 1. The zero-order chi connectivity index (χ0) is 13.2. The minimum atomic E-state index is 0.181. The summed E-state index contributed by atoms with van der Waals surface area (Å²) in [5.74, 6) is 0.181.